The van der Waals surface area contributed by atoms with Crippen molar-refractivity contribution in [3.63, 3.8) is 0 Å². The Morgan fingerprint density at radius 3 is 2.96 bits per heavy atom. The van der Waals surface area contributed by atoms with E-state index >= 15 is 0 Å². The third kappa shape index (κ3) is 3.75. The summed E-state index contributed by atoms with van der Waals surface area (Å²) in [7, 11) is 0. The van der Waals surface area contributed by atoms with Gasteiger partial charge in [0.2, 0.25) is 5.91 Å². The van der Waals surface area contributed by atoms with Gasteiger partial charge in [0.25, 0.3) is 0 Å². The molecule has 1 aliphatic carbocycles. The number of hydrogen-bond donors (Lipinski definition) is 1. The van der Waals surface area contributed by atoms with Gasteiger partial charge in [-0.2, -0.15) is 0 Å². The van der Waals surface area contributed by atoms with Crippen LogP contribution < -0.4 is 5.32 Å². The van der Waals surface area contributed by atoms with E-state index in [1.165, 1.54) is 22.2 Å². The molecule has 0 spiro atoms. The fourth-order valence-corrected chi connectivity index (χ4v) is 5.39. The van der Waals surface area contributed by atoms with Crippen molar-refractivity contribution in [2.45, 2.75) is 57.2 Å². The normalized spacial score (nSPS) is 18.6. The van der Waals surface area contributed by atoms with E-state index in [0.717, 1.165) is 28.6 Å². The highest BCUT2D eigenvalue weighted by atomic mass is 32.2. The van der Waals surface area contributed by atoms with Crippen molar-refractivity contribution < 1.29 is 4.79 Å². The fourth-order valence-electron chi connectivity index (χ4n) is 3.00. The molecule has 0 unspecified atom stereocenters. The van der Waals surface area contributed by atoms with Crippen LogP contribution in [0.2, 0.25) is 0 Å². The second kappa shape index (κ2) is 7.40. The average molecular weight is 364 g/mol. The zero-order valence-corrected chi connectivity index (χ0v) is 16.4. The number of nitrogens with zero attached hydrogens (tertiary/aromatic N) is 2. The van der Waals surface area contributed by atoms with Gasteiger partial charge in [-0.1, -0.05) is 32.5 Å². The van der Waals surface area contributed by atoms with E-state index in [1.807, 2.05) is 6.92 Å². The minimum Gasteiger partial charge on any atom is -0.355 e. The number of thiophene rings is 1. The first kappa shape index (κ1) is 17.7. The lowest BCUT2D eigenvalue weighted by Gasteiger charge is -2.18. The van der Waals surface area contributed by atoms with Gasteiger partial charge in [-0.15, -0.1) is 11.3 Å². The van der Waals surface area contributed by atoms with E-state index in [0.29, 0.717) is 12.5 Å². The van der Waals surface area contributed by atoms with Crippen molar-refractivity contribution in [3.8, 4) is 0 Å². The molecule has 0 bridgehead atoms. The number of aryl methyl sites for hydroxylation is 1. The summed E-state index contributed by atoms with van der Waals surface area (Å²) in [6, 6.07) is 0. The van der Waals surface area contributed by atoms with Crippen LogP contribution in [0, 0.1) is 11.8 Å². The van der Waals surface area contributed by atoms with Crippen molar-refractivity contribution in [1.82, 2.24) is 15.3 Å². The summed E-state index contributed by atoms with van der Waals surface area (Å²) in [6.45, 7) is 9.19. The fraction of sp³-hybridized carbons (Fsp3) is 0.611. The first-order chi connectivity index (χ1) is 11.5. The second-order valence-corrected chi connectivity index (χ2v) is 9.52. The number of nitrogens with one attached hydrogen (secondary N) is 1. The Kier molecular flexibility index (Phi) is 5.45. The Hall–Kier alpha value is -1.14. The number of aromatic nitrogens is 2. The minimum absolute atomic E-state index is 0.0816. The van der Waals surface area contributed by atoms with Crippen molar-refractivity contribution in [2.75, 3.05) is 6.54 Å². The Bertz CT molecular complexity index is 741. The van der Waals surface area contributed by atoms with E-state index in [-0.39, 0.29) is 11.2 Å². The largest absolute Gasteiger partial charge is 0.355 e. The van der Waals surface area contributed by atoms with Crippen molar-refractivity contribution in [1.29, 1.82) is 0 Å². The topological polar surface area (TPSA) is 54.9 Å². The molecule has 2 aromatic heterocycles. The van der Waals surface area contributed by atoms with Gasteiger partial charge < -0.3 is 5.32 Å². The molecular formula is C18H25N3OS2. The van der Waals surface area contributed by atoms with Gasteiger partial charge in [0.15, 0.2) is 0 Å². The summed E-state index contributed by atoms with van der Waals surface area (Å²) in [4.78, 5) is 23.8. The standard InChI is InChI=1S/C18H25N3OS2/c1-10(2)8-19-16(22)12(4)23-17-15-13-6-5-11(3)7-14(13)24-18(15)21-9-20-17/h9-12H,5-8H2,1-4H3,(H,19,22)/t11-,12-/m0/s1. The molecule has 1 aliphatic rings. The van der Waals surface area contributed by atoms with Crippen molar-refractivity contribution in [3.05, 3.63) is 16.8 Å². The van der Waals surface area contributed by atoms with Gasteiger partial charge in [-0.3, -0.25) is 4.79 Å². The Balaban J connectivity index is 1.83. The van der Waals surface area contributed by atoms with Gasteiger partial charge >= 0.3 is 0 Å². The molecule has 4 nitrogen and oxygen atoms in total. The molecule has 2 atom stereocenters. The highest BCUT2D eigenvalue weighted by Gasteiger charge is 2.25. The van der Waals surface area contributed by atoms with Crippen LogP contribution >= 0.6 is 23.1 Å². The lowest BCUT2D eigenvalue weighted by molar-refractivity contribution is -0.120. The quantitative estimate of drug-likeness (QED) is 0.643. The number of hydrogen-bond acceptors (Lipinski definition) is 5. The van der Waals surface area contributed by atoms with Crippen LogP contribution in [0.3, 0.4) is 0 Å². The van der Waals surface area contributed by atoms with Crippen LogP contribution in [-0.2, 0) is 17.6 Å². The molecule has 0 saturated heterocycles. The van der Waals surface area contributed by atoms with Crippen LogP contribution in [0.1, 0.15) is 44.6 Å². The van der Waals surface area contributed by atoms with Crippen LogP contribution in [0.4, 0.5) is 0 Å². The molecule has 0 fully saturated rings. The van der Waals surface area contributed by atoms with Gasteiger partial charge in [0.05, 0.1) is 5.25 Å². The molecule has 0 aromatic carbocycles. The molecule has 0 saturated carbocycles. The monoisotopic (exact) mass is 363 g/mol. The second-order valence-electron chi connectivity index (χ2n) is 7.11. The third-order valence-corrected chi connectivity index (χ3v) is 6.66. The van der Waals surface area contributed by atoms with Crippen LogP contribution in [0.15, 0.2) is 11.4 Å². The van der Waals surface area contributed by atoms with E-state index in [9.17, 15) is 4.79 Å². The van der Waals surface area contributed by atoms with Gasteiger partial charge in [-0.05, 0) is 43.6 Å². The molecule has 2 heterocycles. The number of rotatable bonds is 5. The zero-order chi connectivity index (χ0) is 17.3. The Labute approximate surface area is 151 Å². The zero-order valence-electron chi connectivity index (χ0n) is 14.8. The number of carbonyl (C=O) groups is 1. The summed E-state index contributed by atoms with van der Waals surface area (Å²) in [5, 5.41) is 5.01. The van der Waals surface area contributed by atoms with Gasteiger partial charge in [0, 0.05) is 16.8 Å². The molecule has 1 amide bonds. The molecular weight excluding hydrogens is 338 g/mol. The van der Waals surface area contributed by atoms with E-state index in [2.05, 4.69) is 36.1 Å². The lowest BCUT2D eigenvalue weighted by Crippen LogP contribution is -2.33. The highest BCUT2D eigenvalue weighted by Crippen LogP contribution is 2.41. The maximum Gasteiger partial charge on any atom is 0.233 e. The minimum atomic E-state index is -0.153. The van der Waals surface area contributed by atoms with Crippen LogP contribution in [0.5, 0.6) is 0 Å². The number of thioether (sulfide) groups is 1. The number of amides is 1. The lowest BCUT2D eigenvalue weighted by atomic mass is 9.89. The first-order valence-corrected chi connectivity index (χ1v) is 10.3. The summed E-state index contributed by atoms with van der Waals surface area (Å²) in [6.07, 6.45) is 5.10. The number of carbonyl (C=O) groups excluding carboxylic acids is 1. The Morgan fingerprint density at radius 1 is 1.42 bits per heavy atom. The van der Waals surface area contributed by atoms with E-state index in [4.69, 9.17) is 0 Å². The average Bonchev–Trinajstić information content (AvgIpc) is 2.90. The smallest absolute Gasteiger partial charge is 0.233 e. The van der Waals surface area contributed by atoms with E-state index < -0.39 is 0 Å². The molecule has 1 N–H and O–H groups in total. The predicted molar refractivity (Wildman–Crippen MR) is 102 cm³/mol. The molecule has 0 radical (unpaired) electrons. The summed E-state index contributed by atoms with van der Waals surface area (Å²) in [5.41, 5.74) is 1.42. The van der Waals surface area contributed by atoms with Crippen molar-refractivity contribution in [2.24, 2.45) is 11.8 Å². The first-order valence-electron chi connectivity index (χ1n) is 8.65. The van der Waals surface area contributed by atoms with Crippen molar-refractivity contribution >= 4 is 39.2 Å². The molecule has 24 heavy (non-hydrogen) atoms. The van der Waals surface area contributed by atoms with Gasteiger partial charge in [0.1, 0.15) is 16.2 Å². The maximum atomic E-state index is 12.3. The highest BCUT2D eigenvalue weighted by molar-refractivity contribution is 8.00. The molecule has 3 rings (SSSR count). The van der Waals surface area contributed by atoms with Crippen LogP contribution in [0.25, 0.3) is 10.2 Å². The van der Waals surface area contributed by atoms with Crippen LogP contribution in [-0.4, -0.2) is 27.7 Å². The SMILES string of the molecule is CC(C)CNC(=O)[C@H](C)Sc1ncnc2sc3c(c12)CC[C@H](C)C3. The molecule has 0 aliphatic heterocycles. The predicted octanol–water partition coefficient (Wildman–Crippen LogP) is 4.07. The molecule has 6 heteroatoms. The molecule has 130 valence electrons. The number of fused-ring (bicyclic) bond motifs is 3. The van der Waals surface area contributed by atoms with E-state index in [1.54, 1.807) is 29.4 Å². The molecule has 2 aromatic rings. The van der Waals surface area contributed by atoms with Gasteiger partial charge in [-0.25, -0.2) is 9.97 Å². The summed E-state index contributed by atoms with van der Waals surface area (Å²) in [5.74, 6) is 1.29. The summed E-state index contributed by atoms with van der Waals surface area (Å²) < 4.78 is 0. The summed E-state index contributed by atoms with van der Waals surface area (Å²) >= 11 is 3.36. The maximum absolute atomic E-state index is 12.3. The third-order valence-electron chi connectivity index (χ3n) is 4.40. The Morgan fingerprint density at radius 2 is 2.21 bits per heavy atom.